The van der Waals surface area contributed by atoms with Gasteiger partial charge in [0.2, 0.25) is 5.91 Å². The van der Waals surface area contributed by atoms with Gasteiger partial charge in [-0.1, -0.05) is 0 Å². The summed E-state index contributed by atoms with van der Waals surface area (Å²) in [5.41, 5.74) is 3.55. The highest BCUT2D eigenvalue weighted by atomic mass is 19.4. The first-order chi connectivity index (χ1) is 9.04. The summed E-state index contributed by atoms with van der Waals surface area (Å²) in [5, 5.41) is 6.67. The summed E-state index contributed by atoms with van der Waals surface area (Å²) in [4.78, 5) is 11.5. The Balaban J connectivity index is 2.73. The van der Waals surface area contributed by atoms with Crippen LogP contribution in [0.4, 0.5) is 13.2 Å². The van der Waals surface area contributed by atoms with Gasteiger partial charge in [0.15, 0.2) is 0 Å². The number of halogens is 3. The number of carbonyl (C=O) groups excluding carboxylic acids is 1. The van der Waals surface area contributed by atoms with Gasteiger partial charge in [-0.3, -0.25) is 9.48 Å². The number of nitrogens with one attached hydrogen (secondary N) is 1. The Morgan fingerprint density at radius 1 is 1.50 bits per heavy atom. The van der Waals surface area contributed by atoms with Crippen molar-refractivity contribution in [2.75, 3.05) is 0 Å². The van der Waals surface area contributed by atoms with Crippen LogP contribution in [0.15, 0.2) is 12.4 Å². The summed E-state index contributed by atoms with van der Waals surface area (Å²) in [7, 11) is 0. The number of hydrogen-bond acceptors (Lipinski definition) is 3. The number of aryl methyl sites for hydroxylation is 1. The van der Waals surface area contributed by atoms with Gasteiger partial charge in [0.25, 0.3) is 0 Å². The van der Waals surface area contributed by atoms with Crippen molar-refractivity contribution >= 4 is 5.91 Å². The summed E-state index contributed by atoms with van der Waals surface area (Å²) in [6.45, 7) is 5.51. The van der Waals surface area contributed by atoms with E-state index in [1.54, 1.807) is 6.92 Å². The van der Waals surface area contributed by atoms with Crippen LogP contribution < -0.4 is 11.1 Å². The standard InChI is InChI=1S/C12H19F3N4O/c1-8(2)18-11(3,10(16)20)4-5-19-7-9(6-17-19)12(13,14)15/h6-8,18H,4-5H2,1-3H3,(H2,16,20). The molecule has 1 unspecified atom stereocenters. The van der Waals surface area contributed by atoms with Crippen molar-refractivity contribution in [2.45, 2.75) is 51.5 Å². The zero-order valence-corrected chi connectivity index (χ0v) is 11.7. The number of hydrogen-bond donors (Lipinski definition) is 2. The average Bonchev–Trinajstić information content (AvgIpc) is 2.73. The molecule has 3 N–H and O–H groups in total. The molecule has 1 rings (SSSR count). The zero-order chi connectivity index (χ0) is 15.6. The first-order valence-electron chi connectivity index (χ1n) is 6.22. The van der Waals surface area contributed by atoms with Gasteiger partial charge in [-0.15, -0.1) is 0 Å². The van der Waals surface area contributed by atoms with E-state index in [-0.39, 0.29) is 19.0 Å². The Labute approximate surface area is 115 Å². The summed E-state index contributed by atoms with van der Waals surface area (Å²) in [6.07, 6.45) is -2.49. The predicted molar refractivity (Wildman–Crippen MR) is 67.7 cm³/mol. The molecule has 0 saturated carbocycles. The molecule has 0 spiro atoms. The molecule has 1 heterocycles. The molecule has 8 heteroatoms. The van der Waals surface area contributed by atoms with E-state index in [1.807, 2.05) is 13.8 Å². The average molecular weight is 292 g/mol. The van der Waals surface area contributed by atoms with Crippen molar-refractivity contribution in [2.24, 2.45) is 5.73 Å². The second-order valence-electron chi connectivity index (χ2n) is 5.24. The van der Waals surface area contributed by atoms with Gasteiger partial charge in [0.1, 0.15) is 0 Å². The van der Waals surface area contributed by atoms with Crippen molar-refractivity contribution in [1.82, 2.24) is 15.1 Å². The molecule has 1 aromatic heterocycles. The molecule has 1 aromatic rings. The third kappa shape index (κ3) is 4.22. The minimum absolute atomic E-state index is 0.0239. The molecule has 0 aromatic carbocycles. The maximum atomic E-state index is 12.4. The van der Waals surface area contributed by atoms with Crippen molar-refractivity contribution in [1.29, 1.82) is 0 Å². The molecule has 5 nitrogen and oxygen atoms in total. The van der Waals surface area contributed by atoms with Crippen molar-refractivity contribution < 1.29 is 18.0 Å². The molecular formula is C12H19F3N4O. The van der Waals surface area contributed by atoms with Crippen LogP contribution in [-0.2, 0) is 17.5 Å². The molecule has 0 bridgehead atoms. The minimum Gasteiger partial charge on any atom is -0.368 e. The van der Waals surface area contributed by atoms with Crippen LogP contribution >= 0.6 is 0 Å². The lowest BCUT2D eigenvalue weighted by molar-refractivity contribution is -0.137. The minimum atomic E-state index is -4.42. The number of rotatable bonds is 6. The fourth-order valence-electron chi connectivity index (χ4n) is 1.87. The van der Waals surface area contributed by atoms with E-state index in [9.17, 15) is 18.0 Å². The lowest BCUT2D eigenvalue weighted by atomic mass is 9.96. The maximum absolute atomic E-state index is 12.4. The van der Waals surface area contributed by atoms with Gasteiger partial charge in [-0.25, -0.2) is 0 Å². The first kappa shape index (κ1) is 16.5. The molecule has 0 saturated heterocycles. The molecule has 0 fully saturated rings. The van der Waals surface area contributed by atoms with Crippen molar-refractivity contribution in [3.05, 3.63) is 18.0 Å². The molecule has 0 aliphatic heterocycles. The van der Waals surface area contributed by atoms with Crippen molar-refractivity contribution in [3.63, 3.8) is 0 Å². The molecule has 114 valence electrons. The molecule has 20 heavy (non-hydrogen) atoms. The first-order valence-corrected chi connectivity index (χ1v) is 6.22. The SMILES string of the molecule is CC(C)NC(C)(CCn1cc(C(F)(F)F)cn1)C(N)=O. The second-order valence-corrected chi connectivity index (χ2v) is 5.24. The third-order valence-electron chi connectivity index (χ3n) is 2.95. The molecule has 1 atom stereocenters. The Morgan fingerprint density at radius 3 is 2.50 bits per heavy atom. The Bertz CT molecular complexity index is 470. The summed E-state index contributed by atoms with van der Waals surface area (Å²) >= 11 is 0. The number of primary amides is 1. The smallest absolute Gasteiger partial charge is 0.368 e. The normalized spacial score (nSPS) is 15.3. The van der Waals surface area contributed by atoms with Crippen LogP contribution in [0.5, 0.6) is 0 Å². The van der Waals surface area contributed by atoms with Crippen LogP contribution in [0.2, 0.25) is 0 Å². The van der Waals surface area contributed by atoms with Crippen molar-refractivity contribution in [3.8, 4) is 0 Å². The number of alkyl halides is 3. The van der Waals surface area contributed by atoms with Gasteiger partial charge in [-0.05, 0) is 27.2 Å². The van der Waals surface area contributed by atoms with Crippen LogP contribution in [0.3, 0.4) is 0 Å². The lowest BCUT2D eigenvalue weighted by Crippen LogP contribution is -2.55. The molecule has 0 aliphatic carbocycles. The maximum Gasteiger partial charge on any atom is 0.419 e. The molecule has 0 radical (unpaired) electrons. The monoisotopic (exact) mass is 292 g/mol. The van der Waals surface area contributed by atoms with E-state index in [0.29, 0.717) is 0 Å². The van der Waals surface area contributed by atoms with Crippen LogP contribution in [0, 0.1) is 0 Å². The van der Waals surface area contributed by atoms with E-state index in [0.717, 1.165) is 17.1 Å². The highest BCUT2D eigenvalue weighted by Crippen LogP contribution is 2.28. The van der Waals surface area contributed by atoms with E-state index >= 15 is 0 Å². The van der Waals surface area contributed by atoms with Gasteiger partial charge in [0, 0.05) is 18.8 Å². The number of carbonyl (C=O) groups is 1. The third-order valence-corrected chi connectivity index (χ3v) is 2.95. The Morgan fingerprint density at radius 2 is 2.10 bits per heavy atom. The number of nitrogens with two attached hydrogens (primary N) is 1. The number of aromatic nitrogens is 2. The lowest BCUT2D eigenvalue weighted by Gasteiger charge is -2.29. The molecule has 1 amide bonds. The van der Waals surface area contributed by atoms with Crippen LogP contribution in [-0.4, -0.2) is 27.3 Å². The van der Waals surface area contributed by atoms with Crippen LogP contribution in [0.1, 0.15) is 32.8 Å². The van der Waals surface area contributed by atoms with E-state index < -0.39 is 23.2 Å². The van der Waals surface area contributed by atoms with Gasteiger partial charge in [-0.2, -0.15) is 18.3 Å². The van der Waals surface area contributed by atoms with E-state index in [2.05, 4.69) is 10.4 Å². The number of amides is 1. The predicted octanol–water partition coefficient (Wildman–Crippen LogP) is 1.53. The van der Waals surface area contributed by atoms with Crippen LogP contribution in [0.25, 0.3) is 0 Å². The molecule has 0 aliphatic rings. The zero-order valence-electron chi connectivity index (χ0n) is 11.7. The highest BCUT2D eigenvalue weighted by Gasteiger charge is 2.33. The van der Waals surface area contributed by atoms with Gasteiger partial charge < -0.3 is 11.1 Å². The van der Waals surface area contributed by atoms with Gasteiger partial charge in [0.05, 0.1) is 17.3 Å². The Hall–Kier alpha value is -1.57. The fourth-order valence-corrected chi connectivity index (χ4v) is 1.87. The number of nitrogens with zero attached hydrogens (tertiary/aromatic N) is 2. The quantitative estimate of drug-likeness (QED) is 0.835. The highest BCUT2D eigenvalue weighted by molar-refractivity contribution is 5.84. The van der Waals surface area contributed by atoms with E-state index in [1.165, 1.54) is 0 Å². The second kappa shape index (κ2) is 5.82. The largest absolute Gasteiger partial charge is 0.419 e. The van der Waals surface area contributed by atoms with E-state index in [4.69, 9.17) is 5.73 Å². The fraction of sp³-hybridized carbons (Fsp3) is 0.667. The molecular weight excluding hydrogens is 273 g/mol. The summed E-state index contributed by atoms with van der Waals surface area (Å²) in [5.74, 6) is -0.547. The summed E-state index contributed by atoms with van der Waals surface area (Å²) in [6, 6.07) is 0.0239. The topological polar surface area (TPSA) is 72.9 Å². The van der Waals surface area contributed by atoms with Gasteiger partial charge >= 0.3 is 6.18 Å². The Kier molecular flexibility index (Phi) is 4.80. The summed E-state index contributed by atoms with van der Waals surface area (Å²) < 4.78 is 38.5.